The molecule has 110 valence electrons. The van der Waals surface area contributed by atoms with Gasteiger partial charge in [0.2, 0.25) is 0 Å². The number of para-hydroxylation sites is 1. The smallest absolute Gasteiger partial charge is 0.250 e. The van der Waals surface area contributed by atoms with Crippen molar-refractivity contribution < 1.29 is 4.79 Å². The Hall–Kier alpha value is -1.88. The van der Waals surface area contributed by atoms with E-state index in [2.05, 4.69) is 16.5 Å². The Morgan fingerprint density at radius 3 is 2.86 bits per heavy atom. The van der Waals surface area contributed by atoms with Crippen molar-refractivity contribution in [2.24, 2.45) is 5.92 Å². The quantitative estimate of drug-likeness (QED) is 0.645. The van der Waals surface area contributed by atoms with Gasteiger partial charge in [-0.1, -0.05) is 18.6 Å². The normalized spacial score (nSPS) is 17.7. The van der Waals surface area contributed by atoms with Crippen molar-refractivity contribution in [2.45, 2.75) is 27.3 Å². The molecule has 0 spiro atoms. The van der Waals surface area contributed by atoms with Crippen LogP contribution in [-0.2, 0) is 11.3 Å². The van der Waals surface area contributed by atoms with E-state index in [1.54, 1.807) is 6.08 Å². The monoisotopic (exact) mass is 301 g/mol. The lowest BCUT2D eigenvalue weighted by Crippen LogP contribution is -2.33. The van der Waals surface area contributed by atoms with Crippen molar-refractivity contribution in [3.63, 3.8) is 0 Å². The fourth-order valence-corrected chi connectivity index (χ4v) is 3.18. The summed E-state index contributed by atoms with van der Waals surface area (Å²) in [7, 11) is 0. The maximum Gasteiger partial charge on any atom is 0.250 e. The number of hydrogen-bond donors (Lipinski definition) is 1. The van der Waals surface area contributed by atoms with Crippen LogP contribution in [0.25, 0.3) is 11.0 Å². The van der Waals surface area contributed by atoms with Gasteiger partial charge in [-0.05, 0) is 44.1 Å². The molecule has 1 unspecified atom stereocenters. The average molecular weight is 301 g/mol. The number of amides is 1. The molecule has 1 aromatic carbocycles. The van der Waals surface area contributed by atoms with Gasteiger partial charge >= 0.3 is 0 Å². The second kappa shape index (κ2) is 5.15. The van der Waals surface area contributed by atoms with Crippen LogP contribution in [0.1, 0.15) is 20.8 Å². The lowest BCUT2D eigenvalue weighted by atomic mass is 10.1. The van der Waals surface area contributed by atoms with Crippen molar-refractivity contribution >= 4 is 34.8 Å². The van der Waals surface area contributed by atoms with E-state index in [0.29, 0.717) is 12.5 Å². The molecule has 3 rings (SSSR count). The third kappa shape index (κ3) is 2.42. The van der Waals surface area contributed by atoms with Gasteiger partial charge in [0.05, 0.1) is 16.7 Å². The Balaban J connectivity index is 2.24. The number of nitrogens with one attached hydrogen (secondary N) is 1. The van der Waals surface area contributed by atoms with E-state index < -0.39 is 0 Å². The van der Waals surface area contributed by atoms with Crippen molar-refractivity contribution in [3.05, 3.63) is 34.6 Å². The van der Waals surface area contributed by atoms with Gasteiger partial charge in [-0.15, -0.1) is 0 Å². The van der Waals surface area contributed by atoms with E-state index in [-0.39, 0.29) is 5.91 Å². The highest BCUT2D eigenvalue weighted by Crippen LogP contribution is 2.31. The minimum absolute atomic E-state index is 0.0370. The number of carbonyl (C=O) groups excluding carboxylic acids is 1. The predicted octanol–water partition coefficient (Wildman–Crippen LogP) is 3.65. The summed E-state index contributed by atoms with van der Waals surface area (Å²) in [4.78, 5) is 17.7. The SMILES string of the molecule is CC(C)=CC(=O)N1CC(C)Cn2c(=S)[nH]c3cccc1c32. The molecule has 2 heterocycles. The number of aromatic amines is 1. The van der Waals surface area contributed by atoms with E-state index in [9.17, 15) is 4.79 Å². The van der Waals surface area contributed by atoms with E-state index in [1.165, 1.54) is 0 Å². The minimum Gasteiger partial charge on any atom is -0.331 e. The predicted molar refractivity (Wildman–Crippen MR) is 88.1 cm³/mol. The maximum absolute atomic E-state index is 12.6. The van der Waals surface area contributed by atoms with Gasteiger partial charge in [0, 0.05) is 19.2 Å². The van der Waals surface area contributed by atoms with Crippen LogP contribution in [0.4, 0.5) is 5.69 Å². The summed E-state index contributed by atoms with van der Waals surface area (Å²) in [6.45, 7) is 7.57. The third-order valence-electron chi connectivity index (χ3n) is 3.73. The molecule has 2 aromatic rings. The molecule has 5 heteroatoms. The van der Waals surface area contributed by atoms with Gasteiger partial charge in [0.15, 0.2) is 4.77 Å². The molecule has 0 bridgehead atoms. The van der Waals surface area contributed by atoms with Crippen molar-refractivity contribution in [1.82, 2.24) is 9.55 Å². The number of hydrogen-bond acceptors (Lipinski definition) is 2. The topological polar surface area (TPSA) is 41.0 Å². The van der Waals surface area contributed by atoms with Crippen LogP contribution in [0.5, 0.6) is 0 Å². The highest BCUT2D eigenvalue weighted by atomic mass is 32.1. The van der Waals surface area contributed by atoms with Gasteiger partial charge in [0.1, 0.15) is 0 Å². The second-order valence-electron chi connectivity index (χ2n) is 5.99. The van der Waals surface area contributed by atoms with Crippen molar-refractivity contribution in [3.8, 4) is 0 Å². The van der Waals surface area contributed by atoms with Crippen LogP contribution < -0.4 is 4.90 Å². The summed E-state index contributed by atoms with van der Waals surface area (Å²) in [5, 5.41) is 0. The van der Waals surface area contributed by atoms with Crippen LogP contribution in [-0.4, -0.2) is 22.0 Å². The first-order valence-electron chi connectivity index (χ1n) is 7.15. The van der Waals surface area contributed by atoms with E-state index >= 15 is 0 Å². The molecule has 1 aromatic heterocycles. The Kier molecular flexibility index (Phi) is 3.45. The van der Waals surface area contributed by atoms with Gasteiger partial charge in [-0.2, -0.15) is 0 Å². The van der Waals surface area contributed by atoms with Gasteiger partial charge in [-0.3, -0.25) is 4.79 Å². The number of rotatable bonds is 1. The third-order valence-corrected chi connectivity index (χ3v) is 4.05. The summed E-state index contributed by atoms with van der Waals surface area (Å²) in [6, 6.07) is 5.97. The summed E-state index contributed by atoms with van der Waals surface area (Å²) in [5.41, 5.74) is 3.96. The maximum atomic E-state index is 12.6. The number of nitrogens with zero attached hydrogens (tertiary/aromatic N) is 2. The van der Waals surface area contributed by atoms with Crippen molar-refractivity contribution in [1.29, 1.82) is 0 Å². The summed E-state index contributed by atoms with van der Waals surface area (Å²) < 4.78 is 2.83. The zero-order chi connectivity index (χ0) is 15.1. The Morgan fingerprint density at radius 2 is 2.14 bits per heavy atom. The van der Waals surface area contributed by atoms with Crippen molar-refractivity contribution in [2.75, 3.05) is 11.4 Å². The molecular formula is C16H19N3OS. The molecule has 21 heavy (non-hydrogen) atoms. The van der Waals surface area contributed by atoms with Crippen LogP contribution in [0.2, 0.25) is 0 Å². The molecule has 1 atom stereocenters. The minimum atomic E-state index is 0.0370. The van der Waals surface area contributed by atoms with Crippen LogP contribution in [0, 0.1) is 10.7 Å². The second-order valence-corrected chi connectivity index (χ2v) is 6.38. The van der Waals surface area contributed by atoms with E-state index in [4.69, 9.17) is 12.2 Å². The fraction of sp³-hybridized carbons (Fsp3) is 0.375. The molecule has 0 fully saturated rings. The Morgan fingerprint density at radius 1 is 1.38 bits per heavy atom. The summed E-state index contributed by atoms with van der Waals surface area (Å²) in [5.74, 6) is 0.382. The van der Waals surface area contributed by atoms with Crippen LogP contribution in [0.3, 0.4) is 0 Å². The summed E-state index contributed by atoms with van der Waals surface area (Å²) >= 11 is 5.43. The number of allylic oxidation sites excluding steroid dienone is 1. The molecule has 0 radical (unpaired) electrons. The number of benzene rings is 1. The number of carbonyl (C=O) groups is 1. The number of imidazole rings is 1. The fourth-order valence-electron chi connectivity index (χ4n) is 2.91. The van der Waals surface area contributed by atoms with E-state index in [0.717, 1.165) is 33.6 Å². The van der Waals surface area contributed by atoms with Gasteiger partial charge in [0.25, 0.3) is 5.91 Å². The molecule has 1 aliphatic heterocycles. The zero-order valence-corrected chi connectivity index (χ0v) is 13.3. The summed E-state index contributed by atoms with van der Waals surface area (Å²) in [6.07, 6.45) is 1.70. The molecule has 0 aliphatic carbocycles. The number of anilines is 1. The number of aromatic nitrogens is 2. The average Bonchev–Trinajstić information content (AvgIpc) is 2.62. The van der Waals surface area contributed by atoms with E-state index in [1.807, 2.05) is 36.9 Å². The van der Waals surface area contributed by atoms with Crippen LogP contribution >= 0.6 is 12.2 Å². The molecule has 1 N–H and O–H groups in total. The van der Waals surface area contributed by atoms with Gasteiger partial charge < -0.3 is 14.5 Å². The first kappa shape index (κ1) is 14.1. The largest absolute Gasteiger partial charge is 0.331 e. The molecule has 0 saturated carbocycles. The highest BCUT2D eigenvalue weighted by Gasteiger charge is 2.25. The molecule has 0 saturated heterocycles. The van der Waals surface area contributed by atoms with Crippen LogP contribution in [0.15, 0.2) is 29.8 Å². The lowest BCUT2D eigenvalue weighted by Gasteiger charge is -2.22. The molecule has 1 aliphatic rings. The first-order valence-corrected chi connectivity index (χ1v) is 7.56. The standard InChI is InChI=1S/C16H19N3OS/c1-10(2)7-14(20)18-8-11(3)9-19-15-12(17-16(19)21)5-4-6-13(15)18/h4-7,11H,8-9H2,1-3H3,(H,17,21). The van der Waals surface area contributed by atoms with Gasteiger partial charge in [-0.25, -0.2) is 0 Å². The molecule has 1 amide bonds. The Labute approximate surface area is 129 Å². The molecular weight excluding hydrogens is 282 g/mol. The lowest BCUT2D eigenvalue weighted by molar-refractivity contribution is -0.114. The number of H-pyrrole nitrogens is 1. The zero-order valence-electron chi connectivity index (χ0n) is 12.5. The Bertz CT molecular complexity index is 795. The highest BCUT2D eigenvalue weighted by molar-refractivity contribution is 7.71. The first-order chi connectivity index (χ1) is 9.97. The molecule has 4 nitrogen and oxygen atoms in total.